The fraction of sp³-hybridized carbons (Fsp3) is 0.529. The van der Waals surface area contributed by atoms with Crippen molar-refractivity contribution in [3.8, 4) is 5.75 Å². The first-order chi connectivity index (χ1) is 10.7. The molecule has 1 fully saturated rings. The van der Waals surface area contributed by atoms with Crippen LogP contribution < -0.4 is 4.74 Å². The van der Waals surface area contributed by atoms with E-state index in [1.54, 1.807) is 20.8 Å². The summed E-state index contributed by atoms with van der Waals surface area (Å²) in [5.41, 5.74) is -0.631. The molecule has 1 saturated heterocycles. The predicted octanol–water partition coefficient (Wildman–Crippen LogP) is 3.17. The minimum absolute atomic E-state index is 0.110. The molecule has 1 aliphatic rings. The van der Waals surface area contributed by atoms with E-state index in [9.17, 15) is 14.0 Å². The fourth-order valence-electron chi connectivity index (χ4n) is 2.50. The molecule has 0 aromatic heterocycles. The van der Waals surface area contributed by atoms with Crippen molar-refractivity contribution in [2.75, 3.05) is 6.54 Å². The van der Waals surface area contributed by atoms with Crippen LogP contribution in [0, 0.1) is 5.82 Å². The molecule has 1 aliphatic heterocycles. The number of hydrogen-bond donors (Lipinski definition) is 0. The van der Waals surface area contributed by atoms with Crippen LogP contribution in [0.15, 0.2) is 24.3 Å². The van der Waals surface area contributed by atoms with Crippen LogP contribution in [0.1, 0.15) is 34.1 Å². The third-order valence-corrected chi connectivity index (χ3v) is 3.48. The van der Waals surface area contributed by atoms with Crippen LogP contribution in [0.5, 0.6) is 5.75 Å². The Kier molecular flexibility index (Phi) is 4.92. The molecule has 5 nitrogen and oxygen atoms in total. The molecule has 2 atom stereocenters. The van der Waals surface area contributed by atoms with Crippen LogP contribution in [0.4, 0.5) is 9.18 Å². The molecule has 1 heterocycles. The van der Waals surface area contributed by atoms with Gasteiger partial charge >= 0.3 is 6.09 Å². The summed E-state index contributed by atoms with van der Waals surface area (Å²) >= 11 is 0. The first-order valence-electron chi connectivity index (χ1n) is 7.58. The topological polar surface area (TPSA) is 55.8 Å². The number of carbonyl (C=O) groups is 2. The van der Waals surface area contributed by atoms with Crippen LogP contribution >= 0.6 is 0 Å². The molecule has 0 unspecified atom stereocenters. The van der Waals surface area contributed by atoms with E-state index in [2.05, 4.69) is 0 Å². The number of amides is 1. The summed E-state index contributed by atoms with van der Waals surface area (Å²) in [6.45, 7) is 7.03. The predicted molar refractivity (Wildman–Crippen MR) is 82.8 cm³/mol. The van der Waals surface area contributed by atoms with Gasteiger partial charge in [-0.15, -0.1) is 0 Å². The number of ether oxygens (including phenoxy) is 2. The number of halogens is 1. The lowest BCUT2D eigenvalue weighted by Gasteiger charge is -2.27. The van der Waals surface area contributed by atoms with Gasteiger partial charge in [0.25, 0.3) is 0 Å². The Bertz CT molecular complexity index is 579. The number of benzene rings is 1. The molecule has 6 heteroatoms. The highest BCUT2D eigenvalue weighted by atomic mass is 19.1. The maximum absolute atomic E-state index is 12.9. The van der Waals surface area contributed by atoms with Crippen molar-refractivity contribution < 1.29 is 23.5 Å². The number of hydrogen-bond acceptors (Lipinski definition) is 4. The Labute approximate surface area is 135 Å². The summed E-state index contributed by atoms with van der Waals surface area (Å²) in [5.74, 6) is 0.0478. The number of carbonyl (C=O) groups excluding carboxylic acids is 2. The van der Waals surface area contributed by atoms with Crippen LogP contribution in [-0.2, 0) is 9.53 Å². The second kappa shape index (κ2) is 6.56. The van der Waals surface area contributed by atoms with Gasteiger partial charge in [0.05, 0.1) is 12.6 Å². The number of nitrogens with zero attached hydrogens (tertiary/aromatic N) is 1. The molecule has 0 bridgehead atoms. The average Bonchev–Trinajstić information content (AvgIpc) is 2.84. The van der Waals surface area contributed by atoms with Crippen molar-refractivity contribution in [1.82, 2.24) is 4.90 Å². The molecule has 1 aromatic carbocycles. The minimum atomic E-state index is -0.631. The van der Waals surface area contributed by atoms with Crippen molar-refractivity contribution in [3.05, 3.63) is 30.1 Å². The summed E-state index contributed by atoms with van der Waals surface area (Å²) in [6, 6.07) is 5.09. The highest BCUT2D eigenvalue weighted by molar-refractivity contribution is 5.86. The quantitative estimate of drug-likeness (QED) is 0.857. The summed E-state index contributed by atoms with van der Waals surface area (Å²) in [4.78, 5) is 25.5. The van der Waals surface area contributed by atoms with E-state index in [-0.39, 0.29) is 24.2 Å². The zero-order valence-corrected chi connectivity index (χ0v) is 13.8. The monoisotopic (exact) mass is 323 g/mol. The smallest absolute Gasteiger partial charge is 0.411 e. The number of ketones is 1. The Hall–Kier alpha value is -2.11. The summed E-state index contributed by atoms with van der Waals surface area (Å²) in [5, 5.41) is 0. The van der Waals surface area contributed by atoms with Crippen molar-refractivity contribution in [2.24, 2.45) is 0 Å². The van der Waals surface area contributed by atoms with Gasteiger partial charge in [0.15, 0.2) is 5.78 Å². The zero-order valence-electron chi connectivity index (χ0n) is 13.8. The summed E-state index contributed by atoms with van der Waals surface area (Å²) in [7, 11) is 0. The van der Waals surface area contributed by atoms with Crippen LogP contribution in [-0.4, -0.2) is 41.1 Å². The summed E-state index contributed by atoms with van der Waals surface area (Å²) in [6.07, 6.45) is -0.462. The van der Waals surface area contributed by atoms with E-state index in [4.69, 9.17) is 9.47 Å². The molecule has 0 spiro atoms. The minimum Gasteiger partial charge on any atom is -0.488 e. The SMILES string of the molecule is CC(=O)[C@@H]1C[C@H](Oc2ccc(F)cc2)CN1C(=O)OC(C)(C)C. The van der Waals surface area contributed by atoms with Crippen molar-refractivity contribution >= 4 is 11.9 Å². The van der Waals surface area contributed by atoms with Gasteiger partial charge in [0.2, 0.25) is 0 Å². The largest absolute Gasteiger partial charge is 0.488 e. The average molecular weight is 323 g/mol. The lowest BCUT2D eigenvalue weighted by Crippen LogP contribution is -2.43. The van der Waals surface area contributed by atoms with Gasteiger partial charge < -0.3 is 9.47 Å². The molecule has 23 heavy (non-hydrogen) atoms. The molecule has 0 saturated carbocycles. The maximum Gasteiger partial charge on any atom is 0.411 e. The van der Waals surface area contributed by atoms with Crippen molar-refractivity contribution in [1.29, 1.82) is 0 Å². The number of Topliss-reactive ketones (excluding diaryl/α,β-unsaturated/α-hetero) is 1. The molecule has 2 rings (SSSR count). The summed E-state index contributed by atoms with van der Waals surface area (Å²) < 4.78 is 24.0. The molecular weight excluding hydrogens is 301 g/mol. The Morgan fingerprint density at radius 1 is 1.22 bits per heavy atom. The van der Waals surface area contributed by atoms with E-state index >= 15 is 0 Å². The third-order valence-electron chi connectivity index (χ3n) is 3.48. The van der Waals surface area contributed by atoms with E-state index in [0.29, 0.717) is 12.2 Å². The fourth-order valence-corrected chi connectivity index (χ4v) is 2.50. The first-order valence-corrected chi connectivity index (χ1v) is 7.58. The highest BCUT2D eigenvalue weighted by Gasteiger charge is 2.41. The van der Waals surface area contributed by atoms with Gasteiger partial charge in [0, 0.05) is 6.42 Å². The molecule has 1 amide bonds. The standard InChI is InChI=1S/C17H22FNO4/c1-11(20)15-9-14(22-13-7-5-12(18)6-8-13)10-19(15)16(21)23-17(2,3)4/h5-8,14-15H,9-10H2,1-4H3/t14-,15-/m0/s1. The first kappa shape index (κ1) is 17.2. The van der Waals surface area contributed by atoms with Gasteiger partial charge in [-0.05, 0) is 52.0 Å². The van der Waals surface area contributed by atoms with Crippen LogP contribution in [0.25, 0.3) is 0 Å². The Balaban J connectivity index is 2.06. The van der Waals surface area contributed by atoms with Gasteiger partial charge in [-0.1, -0.05) is 0 Å². The second-order valence-corrected chi connectivity index (χ2v) is 6.69. The maximum atomic E-state index is 12.9. The van der Waals surface area contributed by atoms with E-state index < -0.39 is 17.7 Å². The van der Waals surface area contributed by atoms with Crippen molar-refractivity contribution in [3.63, 3.8) is 0 Å². The van der Waals surface area contributed by atoms with E-state index in [1.807, 2.05) is 0 Å². The second-order valence-electron chi connectivity index (χ2n) is 6.69. The zero-order chi connectivity index (χ0) is 17.2. The van der Waals surface area contributed by atoms with Crippen LogP contribution in [0.2, 0.25) is 0 Å². The molecule has 0 N–H and O–H groups in total. The highest BCUT2D eigenvalue weighted by Crippen LogP contribution is 2.25. The van der Waals surface area contributed by atoms with Gasteiger partial charge in [-0.2, -0.15) is 0 Å². The molecule has 126 valence electrons. The Morgan fingerprint density at radius 3 is 2.35 bits per heavy atom. The molecule has 0 aliphatic carbocycles. The van der Waals surface area contributed by atoms with E-state index in [0.717, 1.165) is 0 Å². The van der Waals surface area contributed by atoms with E-state index in [1.165, 1.54) is 36.1 Å². The molecule has 1 aromatic rings. The van der Waals surface area contributed by atoms with Gasteiger partial charge in [0.1, 0.15) is 23.3 Å². The van der Waals surface area contributed by atoms with Crippen LogP contribution in [0.3, 0.4) is 0 Å². The molecular formula is C17H22FNO4. The normalized spacial score (nSPS) is 21.2. The lowest BCUT2D eigenvalue weighted by molar-refractivity contribution is -0.121. The molecule has 0 radical (unpaired) electrons. The van der Waals surface area contributed by atoms with Crippen molar-refractivity contribution in [2.45, 2.75) is 51.9 Å². The lowest BCUT2D eigenvalue weighted by atomic mass is 10.1. The van der Waals surface area contributed by atoms with Gasteiger partial charge in [-0.25, -0.2) is 9.18 Å². The van der Waals surface area contributed by atoms with Gasteiger partial charge in [-0.3, -0.25) is 9.69 Å². The third kappa shape index (κ3) is 4.68. The Morgan fingerprint density at radius 2 is 1.83 bits per heavy atom. The number of likely N-dealkylation sites (tertiary alicyclic amines) is 1. The number of rotatable bonds is 3.